The summed E-state index contributed by atoms with van der Waals surface area (Å²) in [6.07, 6.45) is 0.535. The first-order valence-electron chi connectivity index (χ1n) is 7.37. The quantitative estimate of drug-likeness (QED) is 0.492. The van der Waals surface area contributed by atoms with Crippen LogP contribution in [0.4, 0.5) is 5.69 Å². The fraction of sp³-hybridized carbons (Fsp3) is 0.600. The van der Waals surface area contributed by atoms with Gasteiger partial charge < -0.3 is 10.1 Å². The summed E-state index contributed by atoms with van der Waals surface area (Å²) in [6, 6.07) is 6.86. The standard InChI is InChI=1S/C15H23N3O3/c1-12-10-17(11-13(2)21-12)8-7-16-9-14-5-3-4-6-15(14)18(19)20/h3-6,12-13,16H,7-11H2,1-2H3/t12-,13-/m0/s1. The van der Waals surface area contributed by atoms with Crippen LogP contribution >= 0.6 is 0 Å². The van der Waals surface area contributed by atoms with Crippen LogP contribution in [0, 0.1) is 10.1 Å². The van der Waals surface area contributed by atoms with E-state index in [1.165, 1.54) is 0 Å². The van der Waals surface area contributed by atoms with E-state index >= 15 is 0 Å². The molecule has 21 heavy (non-hydrogen) atoms. The molecule has 1 aromatic carbocycles. The maximum Gasteiger partial charge on any atom is 0.273 e. The molecule has 0 radical (unpaired) electrons. The molecule has 1 fully saturated rings. The third kappa shape index (κ3) is 4.77. The number of rotatable bonds is 6. The van der Waals surface area contributed by atoms with Crippen molar-refractivity contribution in [2.45, 2.75) is 32.6 Å². The summed E-state index contributed by atoms with van der Waals surface area (Å²) >= 11 is 0. The van der Waals surface area contributed by atoms with Crippen molar-refractivity contribution in [2.24, 2.45) is 0 Å². The van der Waals surface area contributed by atoms with Crippen molar-refractivity contribution in [2.75, 3.05) is 26.2 Å². The summed E-state index contributed by atoms with van der Waals surface area (Å²) in [5, 5.41) is 14.2. The van der Waals surface area contributed by atoms with E-state index in [2.05, 4.69) is 24.1 Å². The third-order valence-electron chi connectivity index (χ3n) is 3.60. The minimum absolute atomic E-state index is 0.179. The molecule has 1 aliphatic heterocycles. The summed E-state index contributed by atoms with van der Waals surface area (Å²) in [5.74, 6) is 0. The summed E-state index contributed by atoms with van der Waals surface area (Å²) in [5.41, 5.74) is 0.907. The first-order chi connectivity index (χ1) is 10.1. The van der Waals surface area contributed by atoms with Gasteiger partial charge in [0.15, 0.2) is 0 Å². The fourth-order valence-corrected chi connectivity index (χ4v) is 2.77. The van der Waals surface area contributed by atoms with Gasteiger partial charge in [-0.3, -0.25) is 15.0 Å². The Balaban J connectivity index is 1.76. The van der Waals surface area contributed by atoms with E-state index in [9.17, 15) is 10.1 Å². The molecule has 1 heterocycles. The van der Waals surface area contributed by atoms with Gasteiger partial charge in [-0.1, -0.05) is 18.2 Å². The Morgan fingerprint density at radius 3 is 2.67 bits per heavy atom. The predicted octanol–water partition coefficient (Wildman–Crippen LogP) is 1.79. The van der Waals surface area contributed by atoms with E-state index < -0.39 is 0 Å². The second-order valence-corrected chi connectivity index (χ2v) is 5.58. The number of nitro groups is 1. The zero-order valence-corrected chi connectivity index (χ0v) is 12.6. The topological polar surface area (TPSA) is 67.6 Å². The number of morpholine rings is 1. The molecular formula is C15H23N3O3. The molecule has 0 aliphatic carbocycles. The van der Waals surface area contributed by atoms with E-state index in [0.717, 1.165) is 31.7 Å². The summed E-state index contributed by atoms with van der Waals surface area (Å²) < 4.78 is 5.70. The molecule has 0 unspecified atom stereocenters. The molecule has 0 aromatic heterocycles. The average molecular weight is 293 g/mol. The highest BCUT2D eigenvalue weighted by atomic mass is 16.6. The number of nitrogens with zero attached hydrogens (tertiary/aromatic N) is 2. The van der Waals surface area contributed by atoms with Crippen molar-refractivity contribution in [3.63, 3.8) is 0 Å². The smallest absolute Gasteiger partial charge is 0.273 e. The van der Waals surface area contributed by atoms with Gasteiger partial charge in [0.2, 0.25) is 0 Å². The van der Waals surface area contributed by atoms with Crippen LogP contribution in [0.15, 0.2) is 24.3 Å². The lowest BCUT2D eigenvalue weighted by Gasteiger charge is -2.35. The highest BCUT2D eigenvalue weighted by Gasteiger charge is 2.21. The second kappa shape index (κ2) is 7.49. The normalized spacial score (nSPS) is 23.1. The number of hydrogen-bond donors (Lipinski definition) is 1. The highest BCUT2D eigenvalue weighted by molar-refractivity contribution is 5.39. The molecule has 6 nitrogen and oxygen atoms in total. The predicted molar refractivity (Wildman–Crippen MR) is 81.3 cm³/mol. The Bertz CT molecular complexity index is 471. The van der Waals surface area contributed by atoms with Crippen molar-refractivity contribution in [3.05, 3.63) is 39.9 Å². The fourth-order valence-electron chi connectivity index (χ4n) is 2.77. The van der Waals surface area contributed by atoms with Crippen molar-refractivity contribution in [1.82, 2.24) is 10.2 Å². The molecule has 0 saturated carbocycles. The van der Waals surface area contributed by atoms with Crippen LogP contribution in [0.3, 0.4) is 0 Å². The second-order valence-electron chi connectivity index (χ2n) is 5.58. The number of ether oxygens (including phenoxy) is 1. The minimum Gasteiger partial charge on any atom is -0.373 e. The van der Waals surface area contributed by atoms with Crippen molar-refractivity contribution in [3.8, 4) is 0 Å². The van der Waals surface area contributed by atoms with Gasteiger partial charge in [-0.2, -0.15) is 0 Å². The maximum atomic E-state index is 10.9. The number of benzene rings is 1. The van der Waals surface area contributed by atoms with E-state index in [1.54, 1.807) is 18.2 Å². The molecule has 0 amide bonds. The molecular weight excluding hydrogens is 270 g/mol. The molecule has 2 rings (SSSR count). The Labute approximate surface area is 125 Å². The molecule has 1 aliphatic rings. The summed E-state index contributed by atoms with van der Waals surface area (Å²) in [6.45, 7) is 8.32. The monoisotopic (exact) mass is 293 g/mol. The molecule has 1 saturated heterocycles. The lowest BCUT2D eigenvalue weighted by molar-refractivity contribution is -0.385. The molecule has 6 heteroatoms. The van der Waals surface area contributed by atoms with Crippen LogP contribution in [0.2, 0.25) is 0 Å². The van der Waals surface area contributed by atoms with E-state index in [0.29, 0.717) is 6.54 Å². The van der Waals surface area contributed by atoms with Gasteiger partial charge in [-0.15, -0.1) is 0 Å². The number of nitro benzene ring substituents is 1. The zero-order valence-electron chi connectivity index (χ0n) is 12.6. The first-order valence-corrected chi connectivity index (χ1v) is 7.37. The Morgan fingerprint density at radius 2 is 2.00 bits per heavy atom. The number of hydrogen-bond acceptors (Lipinski definition) is 5. The lowest BCUT2D eigenvalue weighted by atomic mass is 10.2. The number of para-hydroxylation sites is 1. The van der Waals surface area contributed by atoms with Crippen molar-refractivity contribution in [1.29, 1.82) is 0 Å². The van der Waals surface area contributed by atoms with Crippen molar-refractivity contribution < 1.29 is 9.66 Å². The van der Waals surface area contributed by atoms with Crippen LogP contribution in [0.25, 0.3) is 0 Å². The highest BCUT2D eigenvalue weighted by Crippen LogP contribution is 2.17. The minimum atomic E-state index is -0.331. The molecule has 2 atom stereocenters. The molecule has 0 spiro atoms. The zero-order chi connectivity index (χ0) is 15.2. The third-order valence-corrected chi connectivity index (χ3v) is 3.60. The van der Waals surface area contributed by atoms with Crippen LogP contribution in [0.5, 0.6) is 0 Å². The maximum absolute atomic E-state index is 10.9. The largest absolute Gasteiger partial charge is 0.373 e. The Morgan fingerprint density at radius 1 is 1.33 bits per heavy atom. The Hall–Kier alpha value is -1.50. The van der Waals surface area contributed by atoms with Crippen molar-refractivity contribution >= 4 is 5.69 Å². The van der Waals surface area contributed by atoms with Gasteiger partial charge in [0.05, 0.1) is 17.1 Å². The van der Waals surface area contributed by atoms with E-state index in [-0.39, 0.29) is 22.8 Å². The van der Waals surface area contributed by atoms with Crippen LogP contribution in [-0.2, 0) is 11.3 Å². The molecule has 0 bridgehead atoms. The lowest BCUT2D eigenvalue weighted by Crippen LogP contribution is -2.47. The number of nitrogens with one attached hydrogen (secondary N) is 1. The molecule has 116 valence electrons. The van der Waals surface area contributed by atoms with Gasteiger partial charge >= 0.3 is 0 Å². The first kappa shape index (κ1) is 15.9. The summed E-state index contributed by atoms with van der Waals surface area (Å²) in [7, 11) is 0. The van der Waals surface area contributed by atoms with Gasteiger partial charge in [0.1, 0.15) is 0 Å². The van der Waals surface area contributed by atoms with Gasteiger partial charge in [0.25, 0.3) is 5.69 Å². The van der Waals surface area contributed by atoms with Crippen LogP contribution in [-0.4, -0.2) is 48.2 Å². The summed E-state index contributed by atoms with van der Waals surface area (Å²) in [4.78, 5) is 13.0. The van der Waals surface area contributed by atoms with E-state index in [1.807, 2.05) is 6.07 Å². The molecule has 1 aromatic rings. The van der Waals surface area contributed by atoms with Crippen LogP contribution in [0.1, 0.15) is 19.4 Å². The van der Waals surface area contributed by atoms with Gasteiger partial charge in [-0.05, 0) is 13.8 Å². The Kier molecular flexibility index (Phi) is 5.67. The average Bonchev–Trinajstić information content (AvgIpc) is 2.43. The SMILES string of the molecule is C[C@H]1CN(CCNCc2ccccc2[N+](=O)[O-])C[C@H](C)O1. The van der Waals surface area contributed by atoms with Gasteiger partial charge in [-0.25, -0.2) is 0 Å². The molecule has 1 N–H and O–H groups in total. The van der Waals surface area contributed by atoms with E-state index in [4.69, 9.17) is 4.74 Å². The van der Waals surface area contributed by atoms with Crippen LogP contribution < -0.4 is 5.32 Å². The van der Waals surface area contributed by atoms with Gasteiger partial charge in [0, 0.05) is 44.4 Å².